The van der Waals surface area contributed by atoms with E-state index in [1.165, 1.54) is 6.07 Å². The normalized spacial score (nSPS) is 16.4. The maximum atomic E-state index is 12.7. The van der Waals surface area contributed by atoms with Gasteiger partial charge in [-0.15, -0.1) is 0 Å². The van der Waals surface area contributed by atoms with E-state index in [0.29, 0.717) is 0 Å². The van der Waals surface area contributed by atoms with Gasteiger partial charge in [0.05, 0.1) is 16.7 Å². The minimum absolute atomic E-state index is 0.102. The maximum Gasteiger partial charge on any atom is 0.292 e. The Hall–Kier alpha value is -3.30. The number of nitro groups is 1. The van der Waals surface area contributed by atoms with Crippen molar-refractivity contribution >= 4 is 22.9 Å². The highest BCUT2D eigenvalue weighted by Crippen LogP contribution is 2.23. The van der Waals surface area contributed by atoms with Gasteiger partial charge in [0.2, 0.25) is 5.91 Å². The van der Waals surface area contributed by atoms with Crippen LogP contribution in [0.3, 0.4) is 0 Å². The number of para-hydroxylation sites is 2. The van der Waals surface area contributed by atoms with E-state index in [1.807, 2.05) is 41.9 Å². The Balaban J connectivity index is 1.32. The van der Waals surface area contributed by atoms with E-state index in [0.717, 1.165) is 44.1 Å². The number of aromatic nitrogens is 2. The average Bonchev–Trinajstić information content (AvgIpc) is 3.16. The van der Waals surface area contributed by atoms with E-state index < -0.39 is 4.92 Å². The Kier molecular flexibility index (Phi) is 5.73. The molecule has 4 rings (SSSR count). The summed E-state index contributed by atoms with van der Waals surface area (Å²) in [6.45, 7) is 5.76. The van der Waals surface area contributed by atoms with Crippen LogP contribution in [0.4, 0.5) is 11.4 Å². The summed E-state index contributed by atoms with van der Waals surface area (Å²) >= 11 is 0. The first-order chi connectivity index (χ1) is 14.5. The molecule has 1 atom stereocenters. The number of nitrogens with zero attached hydrogens (tertiary/aromatic N) is 5. The summed E-state index contributed by atoms with van der Waals surface area (Å²) in [4.78, 5) is 32.4. The number of hydrogen-bond donors (Lipinski definition) is 1. The summed E-state index contributed by atoms with van der Waals surface area (Å²) in [5.74, 6) is -0.238. The van der Waals surface area contributed by atoms with Crippen molar-refractivity contribution < 1.29 is 9.72 Å². The number of nitrogens with one attached hydrogen (secondary N) is 1. The molecule has 3 aromatic rings. The zero-order valence-electron chi connectivity index (χ0n) is 16.8. The largest absolute Gasteiger partial charge is 0.319 e. The predicted octanol–water partition coefficient (Wildman–Crippen LogP) is 2.39. The molecule has 0 saturated carbocycles. The van der Waals surface area contributed by atoms with Crippen LogP contribution in [-0.2, 0) is 11.3 Å². The van der Waals surface area contributed by atoms with Crippen molar-refractivity contribution in [3.63, 3.8) is 0 Å². The third-order valence-electron chi connectivity index (χ3n) is 5.49. The number of rotatable bonds is 6. The van der Waals surface area contributed by atoms with E-state index in [-0.39, 0.29) is 23.3 Å². The van der Waals surface area contributed by atoms with Crippen molar-refractivity contribution in [1.82, 2.24) is 19.2 Å². The lowest BCUT2D eigenvalue weighted by atomic mass is 10.2. The van der Waals surface area contributed by atoms with Crippen LogP contribution in [-0.4, -0.2) is 62.2 Å². The first-order valence-electron chi connectivity index (χ1n) is 9.94. The fraction of sp³-hybridized carbons (Fsp3) is 0.333. The molecule has 9 nitrogen and oxygen atoms in total. The van der Waals surface area contributed by atoms with Gasteiger partial charge in [-0.1, -0.05) is 18.2 Å². The Morgan fingerprint density at radius 3 is 2.63 bits per heavy atom. The Morgan fingerprint density at radius 1 is 1.17 bits per heavy atom. The number of benzene rings is 1. The van der Waals surface area contributed by atoms with Gasteiger partial charge in [-0.25, -0.2) is 4.98 Å². The highest BCUT2D eigenvalue weighted by atomic mass is 16.6. The molecule has 9 heteroatoms. The molecule has 1 aromatic carbocycles. The topological polar surface area (TPSA) is 96.0 Å². The summed E-state index contributed by atoms with van der Waals surface area (Å²) in [5, 5.41) is 13.9. The predicted molar refractivity (Wildman–Crippen MR) is 113 cm³/mol. The third kappa shape index (κ3) is 4.32. The number of fused-ring (bicyclic) bond motifs is 1. The smallest absolute Gasteiger partial charge is 0.292 e. The number of piperazine rings is 1. The molecule has 0 aliphatic carbocycles. The van der Waals surface area contributed by atoms with Crippen LogP contribution in [0.25, 0.3) is 5.65 Å². The van der Waals surface area contributed by atoms with Crippen LogP contribution in [0.2, 0.25) is 0 Å². The van der Waals surface area contributed by atoms with Crippen molar-refractivity contribution in [3.8, 4) is 0 Å². The number of anilines is 1. The van der Waals surface area contributed by atoms with Gasteiger partial charge in [0.25, 0.3) is 5.69 Å². The van der Waals surface area contributed by atoms with Gasteiger partial charge in [-0.2, -0.15) is 0 Å². The molecule has 1 unspecified atom stereocenters. The van der Waals surface area contributed by atoms with Crippen LogP contribution < -0.4 is 5.32 Å². The molecule has 0 bridgehead atoms. The summed E-state index contributed by atoms with van der Waals surface area (Å²) in [6.07, 6.45) is 4.03. The zero-order chi connectivity index (χ0) is 21.1. The van der Waals surface area contributed by atoms with Crippen LogP contribution in [0.5, 0.6) is 0 Å². The van der Waals surface area contributed by atoms with Gasteiger partial charge in [-0.3, -0.25) is 24.7 Å². The summed E-state index contributed by atoms with van der Waals surface area (Å²) < 4.78 is 2.01. The molecule has 30 heavy (non-hydrogen) atoms. The van der Waals surface area contributed by atoms with Crippen LogP contribution in [0.15, 0.2) is 54.9 Å². The van der Waals surface area contributed by atoms with Crippen molar-refractivity contribution in [3.05, 3.63) is 70.7 Å². The number of imidazole rings is 1. The van der Waals surface area contributed by atoms with Crippen molar-refractivity contribution in [1.29, 1.82) is 0 Å². The second kappa shape index (κ2) is 8.60. The quantitative estimate of drug-likeness (QED) is 0.497. The lowest BCUT2D eigenvalue weighted by molar-refractivity contribution is -0.383. The molecule has 0 spiro atoms. The van der Waals surface area contributed by atoms with Crippen LogP contribution in [0, 0.1) is 10.1 Å². The molecule has 156 valence electrons. The first kappa shape index (κ1) is 20.0. The average molecular weight is 408 g/mol. The van der Waals surface area contributed by atoms with E-state index in [9.17, 15) is 14.9 Å². The molecule has 3 heterocycles. The molecule has 1 aliphatic rings. The van der Waals surface area contributed by atoms with Gasteiger partial charge in [0.15, 0.2) is 0 Å². The molecule has 1 fully saturated rings. The monoisotopic (exact) mass is 408 g/mol. The minimum atomic E-state index is -0.488. The van der Waals surface area contributed by atoms with E-state index in [2.05, 4.69) is 20.1 Å². The lowest BCUT2D eigenvalue weighted by Crippen LogP contribution is -2.52. The van der Waals surface area contributed by atoms with Gasteiger partial charge in [-0.05, 0) is 25.1 Å². The van der Waals surface area contributed by atoms with Crippen molar-refractivity contribution in [2.24, 2.45) is 0 Å². The van der Waals surface area contributed by atoms with Gasteiger partial charge in [0.1, 0.15) is 11.3 Å². The van der Waals surface area contributed by atoms with Crippen LogP contribution in [0.1, 0.15) is 12.6 Å². The first-order valence-corrected chi connectivity index (χ1v) is 9.94. The summed E-state index contributed by atoms with van der Waals surface area (Å²) in [6, 6.07) is 11.8. The fourth-order valence-corrected chi connectivity index (χ4v) is 3.74. The number of hydrogen-bond acceptors (Lipinski definition) is 6. The SMILES string of the molecule is CC(C(=O)Nc1ccccc1[N+](=O)[O-])N1CCN(Cc2cn3ccccc3n2)CC1. The van der Waals surface area contributed by atoms with Gasteiger partial charge < -0.3 is 9.72 Å². The van der Waals surface area contributed by atoms with Gasteiger partial charge in [0, 0.05) is 51.2 Å². The molecule has 1 amide bonds. The van der Waals surface area contributed by atoms with Gasteiger partial charge >= 0.3 is 0 Å². The summed E-state index contributed by atoms with van der Waals surface area (Å²) in [7, 11) is 0. The Morgan fingerprint density at radius 2 is 1.90 bits per heavy atom. The maximum absolute atomic E-state index is 12.7. The molecule has 1 aliphatic heterocycles. The molecular weight excluding hydrogens is 384 g/mol. The molecule has 2 aromatic heterocycles. The fourth-order valence-electron chi connectivity index (χ4n) is 3.74. The Bertz CT molecular complexity index is 1020. The molecule has 0 radical (unpaired) electrons. The molecule has 1 saturated heterocycles. The minimum Gasteiger partial charge on any atom is -0.319 e. The second-order valence-corrected chi connectivity index (χ2v) is 7.45. The van der Waals surface area contributed by atoms with E-state index >= 15 is 0 Å². The lowest BCUT2D eigenvalue weighted by Gasteiger charge is -2.37. The third-order valence-corrected chi connectivity index (χ3v) is 5.49. The van der Waals surface area contributed by atoms with E-state index in [1.54, 1.807) is 18.2 Å². The number of nitro benzene ring substituents is 1. The van der Waals surface area contributed by atoms with Crippen LogP contribution >= 0.6 is 0 Å². The second-order valence-electron chi connectivity index (χ2n) is 7.45. The van der Waals surface area contributed by atoms with Crippen molar-refractivity contribution in [2.75, 3.05) is 31.5 Å². The molecular formula is C21H24N6O3. The number of pyridine rings is 1. The standard InChI is InChI=1S/C21H24N6O3/c1-16(21(28)23-18-6-2-3-7-19(18)27(29)30)25-12-10-24(11-13-25)14-17-15-26-9-5-4-8-20(26)22-17/h2-9,15-16H,10-14H2,1H3,(H,23,28). The number of amides is 1. The van der Waals surface area contributed by atoms with Crippen molar-refractivity contribution in [2.45, 2.75) is 19.5 Å². The number of carbonyl (C=O) groups excluding carboxylic acids is 1. The number of carbonyl (C=O) groups is 1. The zero-order valence-corrected chi connectivity index (χ0v) is 16.8. The van der Waals surface area contributed by atoms with E-state index in [4.69, 9.17) is 0 Å². The summed E-state index contributed by atoms with van der Waals surface area (Å²) in [5.41, 5.74) is 2.09. The highest BCUT2D eigenvalue weighted by Gasteiger charge is 2.27. The molecule has 1 N–H and O–H groups in total. The Labute approximate surface area is 174 Å². The highest BCUT2D eigenvalue weighted by molar-refractivity contribution is 5.96.